The summed E-state index contributed by atoms with van der Waals surface area (Å²) in [6.45, 7) is 1.02. The predicted octanol–water partition coefficient (Wildman–Crippen LogP) is 3.44. The molecule has 0 radical (unpaired) electrons. The van der Waals surface area contributed by atoms with E-state index in [9.17, 15) is 4.79 Å². The Labute approximate surface area is 196 Å². The predicted molar refractivity (Wildman–Crippen MR) is 127 cm³/mol. The molecular weight excluding hydrogens is 444 g/mol. The number of carbonyl (C=O) groups is 1. The number of rotatable bonds is 6. The molecule has 1 amide bonds. The van der Waals surface area contributed by atoms with Gasteiger partial charge in [-0.15, -0.1) is 10.2 Å². The van der Waals surface area contributed by atoms with Gasteiger partial charge in [-0.05, 0) is 49.4 Å². The number of halogens is 1. The van der Waals surface area contributed by atoms with Crippen molar-refractivity contribution >= 4 is 29.3 Å². The van der Waals surface area contributed by atoms with Gasteiger partial charge in [0.2, 0.25) is 5.91 Å². The van der Waals surface area contributed by atoms with Crippen LogP contribution in [0.4, 0.5) is 0 Å². The Morgan fingerprint density at radius 2 is 1.94 bits per heavy atom. The highest BCUT2D eigenvalue weighted by Crippen LogP contribution is 2.29. The summed E-state index contributed by atoms with van der Waals surface area (Å²) in [5.41, 5.74) is 8.42. The van der Waals surface area contributed by atoms with Gasteiger partial charge in [-0.3, -0.25) is 20.2 Å². The van der Waals surface area contributed by atoms with E-state index < -0.39 is 0 Å². The highest BCUT2D eigenvalue weighted by molar-refractivity contribution is 7.99. The number of nitrogens with one attached hydrogen (secondary N) is 3. The van der Waals surface area contributed by atoms with Crippen molar-refractivity contribution in [3.8, 4) is 17.1 Å². The minimum atomic E-state index is 0.0244. The summed E-state index contributed by atoms with van der Waals surface area (Å²) >= 11 is 7.49. The zero-order chi connectivity index (χ0) is 21.9. The fourth-order valence-corrected chi connectivity index (χ4v) is 5.36. The first-order valence-corrected chi connectivity index (χ1v) is 12.2. The lowest BCUT2D eigenvalue weighted by molar-refractivity contribution is -0.119. The fraction of sp³-hybridized carbons (Fsp3) is 0.348. The Hall–Kier alpha value is -2.39. The number of hydrogen-bond donors (Lipinski definition) is 3. The van der Waals surface area contributed by atoms with Gasteiger partial charge in [-0.25, -0.2) is 0 Å². The lowest BCUT2D eigenvalue weighted by atomic mass is 9.83. The zero-order valence-corrected chi connectivity index (χ0v) is 19.1. The highest BCUT2D eigenvalue weighted by Gasteiger charge is 2.34. The molecule has 9 heteroatoms. The standard InChI is InChI=1S/C23H25ClN6OS/c24-17-7-10-19(11-8-17)30-22(15-4-2-1-3-5-15)28-29-23(30)32-14-21(31)26-18-9-6-16-13-25-27-20(16)12-18/h1-5,7-8,10-11,16,18,20,25,27H,6,9,12-14H2,(H,26,31). The summed E-state index contributed by atoms with van der Waals surface area (Å²) in [7, 11) is 0. The van der Waals surface area contributed by atoms with Crippen LogP contribution in [0, 0.1) is 5.92 Å². The maximum atomic E-state index is 12.7. The Balaban J connectivity index is 1.30. The van der Waals surface area contributed by atoms with Crippen molar-refractivity contribution in [1.82, 2.24) is 30.9 Å². The third-order valence-corrected chi connectivity index (χ3v) is 7.27. The molecule has 1 saturated heterocycles. The smallest absolute Gasteiger partial charge is 0.230 e. The monoisotopic (exact) mass is 468 g/mol. The molecule has 1 aromatic heterocycles. The quantitative estimate of drug-likeness (QED) is 0.481. The number of amides is 1. The van der Waals surface area contributed by atoms with Crippen LogP contribution in [0.1, 0.15) is 19.3 Å². The van der Waals surface area contributed by atoms with Gasteiger partial charge in [0.25, 0.3) is 0 Å². The minimum absolute atomic E-state index is 0.0244. The van der Waals surface area contributed by atoms with Crippen LogP contribution < -0.4 is 16.2 Å². The summed E-state index contributed by atoms with van der Waals surface area (Å²) in [4.78, 5) is 12.7. The van der Waals surface area contributed by atoms with Gasteiger partial charge in [-0.2, -0.15) is 0 Å². The van der Waals surface area contributed by atoms with E-state index in [1.807, 2.05) is 59.2 Å². The van der Waals surface area contributed by atoms with Crippen molar-refractivity contribution in [3.63, 3.8) is 0 Å². The summed E-state index contributed by atoms with van der Waals surface area (Å²) in [5.74, 6) is 1.72. The van der Waals surface area contributed by atoms with Crippen molar-refractivity contribution in [1.29, 1.82) is 0 Å². The Morgan fingerprint density at radius 3 is 2.75 bits per heavy atom. The van der Waals surface area contributed by atoms with E-state index in [-0.39, 0.29) is 17.7 Å². The molecule has 2 heterocycles. The maximum Gasteiger partial charge on any atom is 0.230 e. The average Bonchev–Trinajstić information content (AvgIpc) is 3.45. The van der Waals surface area contributed by atoms with Crippen molar-refractivity contribution in [2.45, 2.75) is 36.5 Å². The van der Waals surface area contributed by atoms with Crippen LogP contribution in [0.2, 0.25) is 5.02 Å². The molecule has 1 aliphatic carbocycles. The molecule has 3 N–H and O–H groups in total. The molecule has 166 valence electrons. The Kier molecular flexibility index (Phi) is 6.45. The first-order chi connectivity index (χ1) is 15.7. The molecule has 2 aromatic carbocycles. The number of nitrogens with zero attached hydrogens (tertiary/aromatic N) is 3. The van der Waals surface area contributed by atoms with Gasteiger partial charge < -0.3 is 5.32 Å². The van der Waals surface area contributed by atoms with Gasteiger partial charge in [0, 0.05) is 34.9 Å². The van der Waals surface area contributed by atoms with Gasteiger partial charge in [-0.1, -0.05) is 53.7 Å². The molecule has 3 aromatic rings. The SMILES string of the molecule is O=C(CSc1nnc(-c2ccccc2)n1-c1ccc(Cl)cc1)NC1CCC2CNNC2C1. The van der Waals surface area contributed by atoms with Gasteiger partial charge in [0.05, 0.1) is 5.75 Å². The van der Waals surface area contributed by atoms with Crippen LogP contribution in [-0.4, -0.2) is 45.1 Å². The van der Waals surface area contributed by atoms with Crippen LogP contribution in [0.3, 0.4) is 0 Å². The number of fused-ring (bicyclic) bond motifs is 1. The van der Waals surface area contributed by atoms with Crippen LogP contribution in [0.25, 0.3) is 17.1 Å². The fourth-order valence-electron chi connectivity index (χ4n) is 4.47. The molecular formula is C23H25ClN6OS. The van der Waals surface area contributed by atoms with Crippen molar-refractivity contribution < 1.29 is 4.79 Å². The molecule has 3 atom stereocenters. The van der Waals surface area contributed by atoms with E-state index >= 15 is 0 Å². The normalized spacial score (nSPS) is 22.5. The van der Waals surface area contributed by atoms with Crippen molar-refractivity contribution in [2.75, 3.05) is 12.3 Å². The Bertz CT molecular complexity index is 1070. The maximum absolute atomic E-state index is 12.7. The number of thioether (sulfide) groups is 1. The number of hydrazine groups is 1. The van der Waals surface area contributed by atoms with Crippen LogP contribution >= 0.6 is 23.4 Å². The second-order valence-electron chi connectivity index (χ2n) is 8.24. The van der Waals surface area contributed by atoms with Gasteiger partial charge >= 0.3 is 0 Å². The number of hydrogen-bond acceptors (Lipinski definition) is 6. The van der Waals surface area contributed by atoms with Crippen LogP contribution in [-0.2, 0) is 4.79 Å². The topological polar surface area (TPSA) is 83.9 Å². The van der Waals surface area contributed by atoms with E-state index in [2.05, 4.69) is 26.4 Å². The molecule has 2 aliphatic rings. The van der Waals surface area contributed by atoms with E-state index in [0.717, 1.165) is 42.9 Å². The van der Waals surface area contributed by atoms with Gasteiger partial charge in [0.1, 0.15) is 0 Å². The van der Waals surface area contributed by atoms with Crippen molar-refractivity contribution in [2.24, 2.45) is 5.92 Å². The van der Waals surface area contributed by atoms with Crippen molar-refractivity contribution in [3.05, 3.63) is 59.6 Å². The van der Waals surface area contributed by atoms with Gasteiger partial charge in [0.15, 0.2) is 11.0 Å². The van der Waals surface area contributed by atoms with E-state index in [1.54, 1.807) is 0 Å². The molecule has 3 unspecified atom stereocenters. The highest BCUT2D eigenvalue weighted by atomic mass is 35.5. The molecule has 0 bridgehead atoms. The first-order valence-electron chi connectivity index (χ1n) is 10.8. The average molecular weight is 469 g/mol. The first kappa shape index (κ1) is 21.5. The molecule has 1 saturated carbocycles. The summed E-state index contributed by atoms with van der Waals surface area (Å²) < 4.78 is 1.98. The summed E-state index contributed by atoms with van der Waals surface area (Å²) in [6.07, 6.45) is 3.13. The van der Waals surface area contributed by atoms with E-state index in [4.69, 9.17) is 11.6 Å². The third kappa shape index (κ3) is 4.68. The van der Waals surface area contributed by atoms with E-state index in [1.165, 1.54) is 11.8 Å². The number of carbonyl (C=O) groups excluding carboxylic acids is 1. The Morgan fingerprint density at radius 1 is 1.12 bits per heavy atom. The van der Waals surface area contributed by atoms with Crippen LogP contribution in [0.15, 0.2) is 59.8 Å². The number of aromatic nitrogens is 3. The largest absolute Gasteiger partial charge is 0.353 e. The molecule has 5 rings (SSSR count). The van der Waals surface area contributed by atoms with Crippen LogP contribution in [0.5, 0.6) is 0 Å². The lowest BCUT2D eigenvalue weighted by Crippen LogP contribution is -2.45. The second-order valence-corrected chi connectivity index (χ2v) is 9.62. The third-order valence-electron chi connectivity index (χ3n) is 6.09. The molecule has 0 spiro atoms. The summed E-state index contributed by atoms with van der Waals surface area (Å²) in [6, 6.07) is 18.1. The summed E-state index contributed by atoms with van der Waals surface area (Å²) in [5, 5.41) is 13.4. The molecule has 2 fully saturated rings. The molecule has 1 aliphatic heterocycles. The van der Waals surface area contributed by atoms with E-state index in [0.29, 0.717) is 22.1 Å². The number of benzene rings is 2. The molecule has 7 nitrogen and oxygen atoms in total. The zero-order valence-electron chi connectivity index (χ0n) is 17.5. The molecule has 32 heavy (non-hydrogen) atoms. The minimum Gasteiger partial charge on any atom is -0.353 e. The second kappa shape index (κ2) is 9.62. The lowest BCUT2D eigenvalue weighted by Gasteiger charge is -2.31.